The number of esters is 1. The van der Waals surface area contributed by atoms with Gasteiger partial charge in [-0.25, -0.2) is 14.4 Å². The quantitative estimate of drug-likeness (QED) is 0.165. The summed E-state index contributed by atoms with van der Waals surface area (Å²) in [4.78, 5) is 38.0. The molecule has 2 N–H and O–H groups in total. The molecule has 4 rings (SSSR count). The monoisotopic (exact) mass is 574 g/mol. The molecule has 9 heteroatoms. The highest BCUT2D eigenvalue weighted by Crippen LogP contribution is 2.44. The zero-order valence-corrected chi connectivity index (χ0v) is 24.5. The normalized spacial score (nSPS) is 12.9. The lowest BCUT2D eigenvalue weighted by molar-refractivity contribution is -0.147. The van der Waals surface area contributed by atoms with Gasteiger partial charge >= 0.3 is 18.2 Å². The van der Waals surface area contributed by atoms with Crippen LogP contribution in [0.4, 0.5) is 9.59 Å². The predicted octanol–water partition coefficient (Wildman–Crippen LogP) is 5.95. The molecule has 222 valence electrons. The van der Waals surface area contributed by atoms with Crippen molar-refractivity contribution in [2.75, 3.05) is 20.3 Å². The van der Waals surface area contributed by atoms with E-state index in [0.29, 0.717) is 12.2 Å². The summed E-state index contributed by atoms with van der Waals surface area (Å²) in [5.74, 6) is -0.0180. The van der Waals surface area contributed by atoms with E-state index in [1.165, 1.54) is 0 Å². The number of ether oxygens (including phenoxy) is 4. The molecule has 0 radical (unpaired) electrons. The van der Waals surface area contributed by atoms with Gasteiger partial charge in [-0.15, -0.1) is 0 Å². The van der Waals surface area contributed by atoms with Crippen molar-refractivity contribution in [2.45, 2.75) is 57.8 Å². The third kappa shape index (κ3) is 8.25. The van der Waals surface area contributed by atoms with Gasteiger partial charge in [-0.2, -0.15) is 0 Å². The lowest BCUT2D eigenvalue weighted by atomic mass is 9.98. The van der Waals surface area contributed by atoms with Crippen LogP contribution in [0.15, 0.2) is 72.8 Å². The fourth-order valence-corrected chi connectivity index (χ4v) is 4.82. The van der Waals surface area contributed by atoms with Crippen molar-refractivity contribution >= 4 is 18.2 Å². The number of methoxy groups -OCH3 is 1. The summed E-state index contributed by atoms with van der Waals surface area (Å²) in [6.07, 6.45) is -0.652. The molecule has 1 aliphatic carbocycles. The molecule has 1 atom stereocenters. The van der Waals surface area contributed by atoms with Gasteiger partial charge in [-0.3, -0.25) is 0 Å². The molecule has 0 heterocycles. The summed E-state index contributed by atoms with van der Waals surface area (Å²) in [6.45, 7) is 5.73. The Hall–Kier alpha value is -4.53. The third-order valence-corrected chi connectivity index (χ3v) is 6.80. The lowest BCUT2D eigenvalue weighted by Crippen LogP contribution is -2.43. The predicted molar refractivity (Wildman–Crippen MR) is 158 cm³/mol. The standard InChI is InChI=1S/C33H38N2O7/c1-33(2,3)42-31(37)34-19-9-14-29(30(36)40-20-22-15-17-23(39-4)18-16-22)35-32(38)41-21-28-26-12-7-5-10-24(26)25-11-6-8-13-27(25)28/h5-8,10-13,15-18,28-29H,9,14,19-21H2,1-4H3,(H,34,37)(H,35,38)/t29-/m1/s1. The molecule has 0 saturated carbocycles. The number of hydrogen-bond acceptors (Lipinski definition) is 7. The van der Waals surface area contributed by atoms with Crippen LogP contribution in [-0.2, 0) is 25.6 Å². The van der Waals surface area contributed by atoms with Crippen molar-refractivity contribution in [3.05, 3.63) is 89.5 Å². The highest BCUT2D eigenvalue weighted by Gasteiger charge is 2.30. The van der Waals surface area contributed by atoms with Crippen LogP contribution in [-0.4, -0.2) is 50.1 Å². The second kappa shape index (κ2) is 13.9. The fourth-order valence-electron chi connectivity index (χ4n) is 4.82. The van der Waals surface area contributed by atoms with Gasteiger partial charge in [0.1, 0.15) is 30.6 Å². The molecule has 3 aromatic rings. The topological polar surface area (TPSA) is 112 Å². The maximum Gasteiger partial charge on any atom is 0.407 e. The van der Waals surface area contributed by atoms with Crippen molar-refractivity contribution in [1.82, 2.24) is 10.6 Å². The van der Waals surface area contributed by atoms with E-state index in [1.807, 2.05) is 36.4 Å². The lowest BCUT2D eigenvalue weighted by Gasteiger charge is -2.21. The van der Waals surface area contributed by atoms with Crippen LogP contribution in [0.1, 0.15) is 56.2 Å². The van der Waals surface area contributed by atoms with E-state index in [9.17, 15) is 14.4 Å². The summed E-state index contributed by atoms with van der Waals surface area (Å²) in [6, 6.07) is 22.3. The first-order chi connectivity index (χ1) is 20.1. The Balaban J connectivity index is 1.36. The Morgan fingerprint density at radius 1 is 0.833 bits per heavy atom. The molecule has 0 fully saturated rings. The molecule has 0 spiro atoms. The molecular weight excluding hydrogens is 536 g/mol. The van der Waals surface area contributed by atoms with Crippen molar-refractivity contribution in [2.24, 2.45) is 0 Å². The van der Waals surface area contributed by atoms with Crippen molar-refractivity contribution < 1.29 is 33.3 Å². The van der Waals surface area contributed by atoms with Crippen LogP contribution in [0, 0.1) is 0 Å². The smallest absolute Gasteiger partial charge is 0.407 e. The van der Waals surface area contributed by atoms with Gasteiger partial charge in [0, 0.05) is 12.5 Å². The highest BCUT2D eigenvalue weighted by molar-refractivity contribution is 5.82. The van der Waals surface area contributed by atoms with Crippen molar-refractivity contribution in [1.29, 1.82) is 0 Å². The fraction of sp³-hybridized carbons (Fsp3) is 0.364. The molecule has 3 aromatic carbocycles. The molecule has 0 unspecified atom stereocenters. The number of hydrogen-bond donors (Lipinski definition) is 2. The van der Waals surface area contributed by atoms with Crippen LogP contribution < -0.4 is 15.4 Å². The van der Waals surface area contributed by atoms with Gasteiger partial charge in [0.25, 0.3) is 0 Å². The van der Waals surface area contributed by atoms with Crippen LogP contribution in [0.5, 0.6) is 5.75 Å². The Bertz CT molecular complexity index is 1340. The average molecular weight is 575 g/mol. The Kier molecular flexibility index (Phi) is 10.1. The molecule has 0 saturated heterocycles. The van der Waals surface area contributed by atoms with Gasteiger partial charge in [-0.1, -0.05) is 60.7 Å². The number of carbonyl (C=O) groups excluding carboxylic acids is 3. The van der Waals surface area contributed by atoms with Gasteiger partial charge < -0.3 is 29.6 Å². The minimum Gasteiger partial charge on any atom is -0.497 e. The zero-order valence-electron chi connectivity index (χ0n) is 24.5. The van der Waals surface area contributed by atoms with Gasteiger partial charge in [0.05, 0.1) is 7.11 Å². The van der Waals surface area contributed by atoms with E-state index in [-0.39, 0.29) is 32.1 Å². The van der Waals surface area contributed by atoms with Crippen LogP contribution in [0.2, 0.25) is 0 Å². The minimum absolute atomic E-state index is 0.0296. The first kappa shape index (κ1) is 30.4. The van der Waals surface area contributed by atoms with Crippen molar-refractivity contribution in [3.8, 4) is 16.9 Å². The summed E-state index contributed by atoms with van der Waals surface area (Å²) in [5.41, 5.74) is 4.59. The molecule has 0 aliphatic heterocycles. The number of fused-ring (bicyclic) bond motifs is 3. The maximum absolute atomic E-state index is 13.0. The number of amides is 2. The molecule has 0 aromatic heterocycles. The van der Waals surface area contributed by atoms with E-state index < -0.39 is 29.8 Å². The summed E-state index contributed by atoms with van der Waals surface area (Å²) in [5, 5.41) is 5.34. The SMILES string of the molecule is COc1ccc(COC(=O)[C@@H](CCCNC(=O)OC(C)(C)C)NC(=O)OCC2c3ccccc3-c3ccccc32)cc1. The van der Waals surface area contributed by atoms with Gasteiger partial charge in [0.2, 0.25) is 0 Å². The van der Waals surface area contributed by atoms with Crippen molar-refractivity contribution in [3.63, 3.8) is 0 Å². The Morgan fingerprint density at radius 3 is 2.05 bits per heavy atom. The second-order valence-corrected chi connectivity index (χ2v) is 11.0. The maximum atomic E-state index is 13.0. The molecule has 9 nitrogen and oxygen atoms in total. The molecule has 42 heavy (non-hydrogen) atoms. The van der Waals surface area contributed by atoms with Crippen LogP contribution in [0.25, 0.3) is 11.1 Å². The zero-order chi connectivity index (χ0) is 30.1. The van der Waals surface area contributed by atoms with Crippen LogP contribution in [0.3, 0.4) is 0 Å². The molecule has 0 bridgehead atoms. The summed E-state index contributed by atoms with van der Waals surface area (Å²) >= 11 is 0. The number of alkyl carbamates (subject to hydrolysis) is 2. The van der Waals surface area contributed by atoms with E-state index in [4.69, 9.17) is 18.9 Å². The largest absolute Gasteiger partial charge is 0.497 e. The first-order valence-corrected chi connectivity index (χ1v) is 14.0. The summed E-state index contributed by atoms with van der Waals surface area (Å²) < 4.78 is 21.6. The number of carbonyl (C=O) groups is 3. The van der Waals surface area contributed by atoms with Crippen LogP contribution >= 0.6 is 0 Å². The first-order valence-electron chi connectivity index (χ1n) is 14.0. The molecule has 2 amide bonds. The van der Waals surface area contributed by atoms with E-state index >= 15 is 0 Å². The Labute approximate surface area is 246 Å². The Morgan fingerprint density at radius 2 is 1.45 bits per heavy atom. The number of rotatable bonds is 11. The third-order valence-electron chi connectivity index (χ3n) is 6.80. The number of benzene rings is 3. The second-order valence-electron chi connectivity index (χ2n) is 11.0. The van der Waals surface area contributed by atoms with Gasteiger partial charge in [-0.05, 0) is 73.6 Å². The van der Waals surface area contributed by atoms with E-state index in [0.717, 1.165) is 27.8 Å². The van der Waals surface area contributed by atoms with Gasteiger partial charge in [0.15, 0.2) is 0 Å². The minimum atomic E-state index is -0.973. The summed E-state index contributed by atoms with van der Waals surface area (Å²) in [7, 11) is 1.58. The van der Waals surface area contributed by atoms with E-state index in [1.54, 1.807) is 52.1 Å². The average Bonchev–Trinajstić information content (AvgIpc) is 3.29. The molecule has 1 aliphatic rings. The van der Waals surface area contributed by atoms with E-state index in [2.05, 4.69) is 22.8 Å². The molecular formula is C33H38N2O7. The highest BCUT2D eigenvalue weighted by atomic mass is 16.6. The number of nitrogens with one attached hydrogen (secondary N) is 2.